The van der Waals surface area contributed by atoms with E-state index in [0.717, 1.165) is 35.5 Å². The van der Waals surface area contributed by atoms with Crippen molar-refractivity contribution in [2.24, 2.45) is 0 Å². The van der Waals surface area contributed by atoms with E-state index in [1.54, 1.807) is 23.1 Å². The predicted molar refractivity (Wildman–Crippen MR) is 166 cm³/mol. The Hall–Kier alpha value is -3.02. The van der Waals surface area contributed by atoms with Crippen molar-refractivity contribution in [1.82, 2.24) is 14.9 Å². The summed E-state index contributed by atoms with van der Waals surface area (Å²) in [5.41, 5.74) is 8.03. The molecule has 0 bridgehead atoms. The molecule has 0 unspecified atom stereocenters. The molecule has 1 aliphatic heterocycles. The number of nitrogens with zero attached hydrogens (tertiary/aromatic N) is 2. The molecule has 192 valence electrons. The number of aromatic amines is 1. The van der Waals surface area contributed by atoms with Crippen LogP contribution in [0.2, 0.25) is 0 Å². The lowest BCUT2D eigenvalue weighted by Crippen LogP contribution is -2.27. The van der Waals surface area contributed by atoms with Crippen LogP contribution < -0.4 is 0 Å². The van der Waals surface area contributed by atoms with E-state index in [4.69, 9.17) is 0 Å². The fourth-order valence-corrected chi connectivity index (χ4v) is 5.84. The van der Waals surface area contributed by atoms with Crippen molar-refractivity contribution in [2.75, 3.05) is 19.3 Å². The molecule has 0 atom stereocenters. The molecule has 6 rings (SSSR count). The number of rotatable bonds is 4. The van der Waals surface area contributed by atoms with Gasteiger partial charge in [-0.05, 0) is 73.2 Å². The molecule has 37 heavy (non-hydrogen) atoms. The van der Waals surface area contributed by atoms with E-state index in [1.165, 1.54) is 50.9 Å². The maximum absolute atomic E-state index is 4.67. The quantitative estimate of drug-likeness (QED) is 0.236. The molecule has 5 heteroatoms. The number of H-pyrrole nitrogens is 1. The minimum absolute atomic E-state index is 0.944. The molecule has 0 saturated carbocycles. The molecule has 0 aliphatic carbocycles. The van der Waals surface area contributed by atoms with Gasteiger partial charge in [0.2, 0.25) is 0 Å². The Kier molecular flexibility index (Phi) is 9.48. The first kappa shape index (κ1) is 27.0. The molecule has 5 aromatic rings. The highest BCUT2D eigenvalue weighted by Crippen LogP contribution is 2.30. The first-order chi connectivity index (χ1) is 18.1. The lowest BCUT2D eigenvalue weighted by molar-refractivity contribution is 0.326. The van der Waals surface area contributed by atoms with Gasteiger partial charge in [-0.1, -0.05) is 62.4 Å². The van der Waals surface area contributed by atoms with Crippen molar-refractivity contribution in [1.29, 1.82) is 0 Å². The first-order valence-corrected chi connectivity index (χ1v) is 15.2. The van der Waals surface area contributed by atoms with Gasteiger partial charge in [0.05, 0.1) is 4.21 Å². The number of fused-ring (bicyclic) bond motifs is 3. The molecule has 3 aromatic heterocycles. The lowest BCUT2D eigenvalue weighted by atomic mass is 10.0. The second kappa shape index (κ2) is 13.0. The molecule has 2 aromatic carbocycles. The third-order valence-electron chi connectivity index (χ3n) is 6.59. The third-order valence-corrected chi connectivity index (χ3v) is 8.58. The summed E-state index contributed by atoms with van der Waals surface area (Å²) < 4.78 is 1.39. The predicted octanol–water partition coefficient (Wildman–Crippen LogP) is 9.64. The molecule has 1 N–H and O–H groups in total. The summed E-state index contributed by atoms with van der Waals surface area (Å²) in [5, 5.41) is 4.50. The van der Waals surface area contributed by atoms with Crippen LogP contribution in [0.4, 0.5) is 0 Å². The normalized spacial score (nSPS) is 13.0. The van der Waals surface area contributed by atoms with Gasteiger partial charge in [0.1, 0.15) is 5.65 Å². The SMILES string of the molecule is C=C(c1ccc(-c2cnc3[nH]c4ccc(C)cc4c3c2)cc1)N1CCCCC1.CC.CSc1cccs1. The van der Waals surface area contributed by atoms with E-state index >= 15 is 0 Å². The monoisotopic (exact) mass is 527 g/mol. The number of nitrogens with one attached hydrogen (secondary N) is 1. The molecule has 0 amide bonds. The van der Waals surface area contributed by atoms with Crippen molar-refractivity contribution in [3.8, 4) is 11.1 Å². The smallest absolute Gasteiger partial charge is 0.138 e. The number of hydrogen-bond donors (Lipinski definition) is 1. The van der Waals surface area contributed by atoms with Crippen LogP contribution >= 0.6 is 23.1 Å². The molecule has 1 aliphatic rings. The lowest BCUT2D eigenvalue weighted by Gasteiger charge is -2.30. The van der Waals surface area contributed by atoms with E-state index in [2.05, 4.69) is 101 Å². The average Bonchev–Trinajstić information content (AvgIpc) is 3.62. The number of aromatic nitrogens is 2. The Balaban J connectivity index is 0.000000305. The molecule has 0 radical (unpaired) electrons. The first-order valence-electron chi connectivity index (χ1n) is 13.1. The van der Waals surface area contributed by atoms with Crippen molar-refractivity contribution in [2.45, 2.75) is 44.2 Å². The molecular formula is C32H37N3S2. The molecular weight excluding hydrogens is 491 g/mol. The van der Waals surface area contributed by atoms with Crippen molar-refractivity contribution in [3.63, 3.8) is 0 Å². The molecule has 3 nitrogen and oxygen atoms in total. The van der Waals surface area contributed by atoms with Crippen LogP contribution in [0.1, 0.15) is 44.2 Å². The van der Waals surface area contributed by atoms with E-state index in [1.807, 2.05) is 20.0 Å². The minimum Gasteiger partial charge on any atom is -0.372 e. The Labute approximate surface area is 229 Å². The van der Waals surface area contributed by atoms with E-state index in [9.17, 15) is 0 Å². The summed E-state index contributed by atoms with van der Waals surface area (Å²) >= 11 is 3.58. The zero-order valence-electron chi connectivity index (χ0n) is 22.4. The van der Waals surface area contributed by atoms with Gasteiger partial charge in [-0.25, -0.2) is 4.98 Å². The number of likely N-dealkylation sites (tertiary alicyclic amines) is 1. The number of aryl methyl sites for hydroxylation is 1. The van der Waals surface area contributed by atoms with Crippen molar-refractivity contribution < 1.29 is 0 Å². The van der Waals surface area contributed by atoms with Gasteiger partial charge < -0.3 is 9.88 Å². The van der Waals surface area contributed by atoms with E-state index < -0.39 is 0 Å². The number of hydrogen-bond acceptors (Lipinski definition) is 4. The van der Waals surface area contributed by atoms with Crippen LogP contribution in [-0.2, 0) is 0 Å². The molecule has 1 saturated heterocycles. The number of thiophene rings is 1. The molecule has 1 fully saturated rings. The number of piperidine rings is 1. The Morgan fingerprint density at radius 1 is 0.946 bits per heavy atom. The van der Waals surface area contributed by atoms with Crippen LogP contribution in [-0.4, -0.2) is 34.2 Å². The van der Waals surface area contributed by atoms with Gasteiger partial charge in [0.25, 0.3) is 0 Å². The van der Waals surface area contributed by atoms with Gasteiger partial charge in [-0.3, -0.25) is 0 Å². The summed E-state index contributed by atoms with van der Waals surface area (Å²) in [6, 6.07) is 21.7. The van der Waals surface area contributed by atoms with Crippen LogP contribution in [0, 0.1) is 6.92 Å². The fourth-order valence-electron chi connectivity index (χ4n) is 4.63. The number of thioether (sulfide) groups is 1. The highest BCUT2D eigenvalue weighted by Gasteiger charge is 2.13. The second-order valence-electron chi connectivity index (χ2n) is 9.00. The molecule has 0 spiro atoms. The Bertz CT molecular complexity index is 1430. The van der Waals surface area contributed by atoms with Crippen LogP contribution in [0.5, 0.6) is 0 Å². The summed E-state index contributed by atoms with van der Waals surface area (Å²) in [7, 11) is 0. The highest BCUT2D eigenvalue weighted by atomic mass is 32.2. The van der Waals surface area contributed by atoms with Gasteiger partial charge in [0.15, 0.2) is 0 Å². The summed E-state index contributed by atoms with van der Waals surface area (Å²) in [4.78, 5) is 10.5. The van der Waals surface area contributed by atoms with Crippen LogP contribution in [0.15, 0.2) is 83.0 Å². The zero-order chi connectivity index (χ0) is 26.2. The standard InChI is InChI=1S/C25H25N3.C5H6S2.C2H6/c1-17-6-11-24-22(14-17)23-15-21(16-26-25(23)27-24)20-9-7-19(8-10-20)18(2)28-12-4-3-5-13-28;1-6-5-3-2-4-7-5;1-2/h6-11,14-16H,2-5,12-13H2,1H3,(H,26,27);2-4H,1H3;1-2H3. The molecule has 4 heterocycles. The minimum atomic E-state index is 0.944. The Morgan fingerprint density at radius 3 is 2.35 bits per heavy atom. The number of benzene rings is 2. The van der Waals surface area contributed by atoms with Gasteiger partial charge in [-0.15, -0.1) is 23.1 Å². The number of pyridine rings is 1. The van der Waals surface area contributed by atoms with E-state index in [0.29, 0.717) is 0 Å². The van der Waals surface area contributed by atoms with Crippen LogP contribution in [0.25, 0.3) is 38.8 Å². The average molecular weight is 528 g/mol. The maximum atomic E-state index is 4.67. The Morgan fingerprint density at radius 2 is 1.70 bits per heavy atom. The van der Waals surface area contributed by atoms with E-state index in [-0.39, 0.29) is 0 Å². The third kappa shape index (κ3) is 6.46. The van der Waals surface area contributed by atoms with Gasteiger partial charge >= 0.3 is 0 Å². The second-order valence-corrected chi connectivity index (χ2v) is 11.1. The zero-order valence-corrected chi connectivity index (χ0v) is 24.0. The largest absolute Gasteiger partial charge is 0.372 e. The highest BCUT2D eigenvalue weighted by molar-refractivity contribution is 8.00. The summed E-state index contributed by atoms with van der Waals surface area (Å²) in [6.45, 7) is 12.7. The summed E-state index contributed by atoms with van der Waals surface area (Å²) in [6.07, 6.45) is 7.93. The maximum Gasteiger partial charge on any atom is 0.138 e. The van der Waals surface area contributed by atoms with Crippen LogP contribution in [0.3, 0.4) is 0 Å². The van der Waals surface area contributed by atoms with Crippen molar-refractivity contribution >= 4 is 50.7 Å². The fraction of sp³-hybridized carbons (Fsp3) is 0.281. The van der Waals surface area contributed by atoms with Crippen molar-refractivity contribution in [3.05, 3.63) is 89.9 Å². The summed E-state index contributed by atoms with van der Waals surface area (Å²) in [5.74, 6) is 0. The van der Waals surface area contributed by atoms with Gasteiger partial charge in [-0.2, -0.15) is 0 Å². The topological polar surface area (TPSA) is 31.9 Å². The van der Waals surface area contributed by atoms with Gasteiger partial charge in [0, 0.05) is 46.8 Å².